The van der Waals surface area contributed by atoms with Gasteiger partial charge in [-0.05, 0) is 11.1 Å². The predicted octanol–water partition coefficient (Wildman–Crippen LogP) is 4.15. The third kappa shape index (κ3) is 2.52. The molecule has 1 atom stereocenters. The van der Waals surface area contributed by atoms with E-state index in [2.05, 4.69) is 19.2 Å². The van der Waals surface area contributed by atoms with Gasteiger partial charge in [-0.3, -0.25) is 0 Å². The molecule has 4 heteroatoms. The maximum absolute atomic E-state index is 12.6. The summed E-state index contributed by atoms with van der Waals surface area (Å²) in [7, 11) is 2.26. The van der Waals surface area contributed by atoms with Crippen LogP contribution in [0.2, 0.25) is 0 Å². The number of piperidine rings is 3. The Morgan fingerprint density at radius 1 is 0.923 bits per heavy atom. The molecule has 4 nitrogen and oxygen atoms in total. The van der Waals surface area contributed by atoms with Gasteiger partial charge in [0.25, 0.3) is 0 Å². The SMILES string of the molecule is C[N+]12CCC(CC1)C(OC(=O)OC1c3ccccc3-c3ccccc31)C2. The van der Waals surface area contributed by atoms with E-state index in [0.29, 0.717) is 5.92 Å². The number of nitrogens with zero attached hydrogens (tertiary/aromatic N) is 1. The smallest absolute Gasteiger partial charge is 0.425 e. The van der Waals surface area contributed by atoms with Crippen molar-refractivity contribution in [3.63, 3.8) is 0 Å². The van der Waals surface area contributed by atoms with Crippen molar-refractivity contribution in [1.29, 1.82) is 0 Å². The molecule has 0 aromatic heterocycles. The zero-order chi connectivity index (χ0) is 17.7. The van der Waals surface area contributed by atoms with Gasteiger partial charge in [0, 0.05) is 29.9 Å². The summed E-state index contributed by atoms with van der Waals surface area (Å²) in [6.45, 7) is 3.31. The quantitative estimate of drug-likeness (QED) is 0.603. The van der Waals surface area contributed by atoms with Gasteiger partial charge < -0.3 is 14.0 Å². The average molecular weight is 350 g/mol. The van der Waals surface area contributed by atoms with E-state index in [4.69, 9.17) is 9.47 Å². The number of benzene rings is 2. The monoisotopic (exact) mass is 350 g/mol. The van der Waals surface area contributed by atoms with E-state index in [9.17, 15) is 4.79 Å². The van der Waals surface area contributed by atoms with Crippen molar-refractivity contribution in [1.82, 2.24) is 0 Å². The van der Waals surface area contributed by atoms with Crippen LogP contribution in [0.5, 0.6) is 0 Å². The zero-order valence-electron chi connectivity index (χ0n) is 15.1. The molecule has 0 spiro atoms. The van der Waals surface area contributed by atoms with Crippen molar-refractivity contribution in [2.75, 3.05) is 26.7 Å². The lowest BCUT2D eigenvalue weighted by molar-refractivity contribution is -0.928. The fourth-order valence-corrected chi connectivity index (χ4v) is 4.97. The van der Waals surface area contributed by atoms with Gasteiger partial charge in [0.15, 0.2) is 12.2 Å². The minimum absolute atomic E-state index is 0.0121. The number of carbonyl (C=O) groups is 1. The fourth-order valence-electron chi connectivity index (χ4n) is 4.97. The van der Waals surface area contributed by atoms with Crippen LogP contribution in [0.25, 0.3) is 11.1 Å². The van der Waals surface area contributed by atoms with Crippen LogP contribution in [0.1, 0.15) is 30.1 Å². The second kappa shape index (κ2) is 5.85. The molecule has 0 N–H and O–H groups in total. The van der Waals surface area contributed by atoms with E-state index in [1.165, 1.54) is 13.1 Å². The van der Waals surface area contributed by atoms with E-state index in [0.717, 1.165) is 46.1 Å². The first-order chi connectivity index (χ1) is 12.6. The van der Waals surface area contributed by atoms with Crippen molar-refractivity contribution >= 4 is 6.16 Å². The lowest BCUT2D eigenvalue weighted by atomic mass is 9.84. The third-order valence-corrected chi connectivity index (χ3v) is 6.46. The number of fused-ring (bicyclic) bond motifs is 6. The van der Waals surface area contributed by atoms with Crippen LogP contribution in [0.4, 0.5) is 4.79 Å². The van der Waals surface area contributed by atoms with Crippen LogP contribution in [-0.4, -0.2) is 43.4 Å². The van der Waals surface area contributed by atoms with E-state index >= 15 is 0 Å². The van der Waals surface area contributed by atoms with E-state index in [1.807, 2.05) is 36.4 Å². The summed E-state index contributed by atoms with van der Waals surface area (Å²) in [5.74, 6) is 0.491. The van der Waals surface area contributed by atoms with Crippen LogP contribution in [0, 0.1) is 5.92 Å². The Morgan fingerprint density at radius 3 is 2.08 bits per heavy atom. The molecule has 0 saturated carbocycles. The van der Waals surface area contributed by atoms with Crippen LogP contribution >= 0.6 is 0 Å². The molecular weight excluding hydrogens is 326 g/mol. The summed E-state index contributed by atoms with van der Waals surface area (Å²) < 4.78 is 12.7. The van der Waals surface area contributed by atoms with Crippen molar-refractivity contribution in [3.05, 3.63) is 59.7 Å². The van der Waals surface area contributed by atoms with Gasteiger partial charge in [0.1, 0.15) is 6.54 Å². The Balaban J connectivity index is 1.36. The molecule has 6 rings (SSSR count). The molecule has 1 aliphatic carbocycles. The Kier molecular flexibility index (Phi) is 3.57. The van der Waals surface area contributed by atoms with Gasteiger partial charge in [0.05, 0.1) is 20.1 Å². The minimum Gasteiger partial charge on any atom is -0.425 e. The molecule has 26 heavy (non-hydrogen) atoms. The number of carbonyl (C=O) groups excluding carboxylic acids is 1. The summed E-state index contributed by atoms with van der Waals surface area (Å²) >= 11 is 0. The predicted molar refractivity (Wildman–Crippen MR) is 98.6 cm³/mol. The van der Waals surface area contributed by atoms with Gasteiger partial charge in [0.2, 0.25) is 0 Å². The van der Waals surface area contributed by atoms with E-state index in [1.54, 1.807) is 0 Å². The summed E-state index contributed by atoms with van der Waals surface area (Å²) in [6, 6.07) is 16.3. The lowest BCUT2D eigenvalue weighted by Crippen LogP contribution is -2.62. The molecule has 1 unspecified atom stereocenters. The number of rotatable bonds is 2. The average Bonchev–Trinajstić information content (AvgIpc) is 2.96. The standard InChI is InChI=1S/C22H24NO3/c1-23-12-10-15(11-13-23)20(14-23)25-22(24)26-21-18-8-4-2-6-16(18)17-7-3-5-9-19(17)21/h2-9,15,20-21H,10-14H2,1H3/q+1. The summed E-state index contributed by atoms with van der Waals surface area (Å²) in [5.41, 5.74) is 4.36. The maximum atomic E-state index is 12.6. The van der Waals surface area contributed by atoms with Gasteiger partial charge in [-0.25, -0.2) is 4.79 Å². The number of hydrogen-bond acceptors (Lipinski definition) is 3. The number of quaternary nitrogens is 1. The highest BCUT2D eigenvalue weighted by Gasteiger charge is 2.45. The second-order valence-electron chi connectivity index (χ2n) is 8.17. The molecule has 134 valence electrons. The van der Waals surface area contributed by atoms with Crippen LogP contribution in [-0.2, 0) is 9.47 Å². The van der Waals surface area contributed by atoms with Crippen LogP contribution < -0.4 is 0 Å². The normalized spacial score (nSPS) is 29.1. The van der Waals surface area contributed by atoms with Crippen molar-refractivity contribution in [2.24, 2.45) is 5.92 Å². The first-order valence-corrected chi connectivity index (χ1v) is 9.52. The third-order valence-electron chi connectivity index (χ3n) is 6.46. The molecule has 3 fully saturated rings. The van der Waals surface area contributed by atoms with Crippen LogP contribution in [0.15, 0.2) is 48.5 Å². The van der Waals surface area contributed by atoms with E-state index < -0.39 is 6.16 Å². The highest BCUT2D eigenvalue weighted by molar-refractivity contribution is 5.79. The lowest BCUT2D eigenvalue weighted by Gasteiger charge is -2.49. The summed E-state index contributed by atoms with van der Waals surface area (Å²) in [6.07, 6.45) is 1.36. The maximum Gasteiger partial charge on any atom is 0.509 e. The molecule has 2 aromatic carbocycles. The fraction of sp³-hybridized carbons (Fsp3) is 0.409. The highest BCUT2D eigenvalue weighted by Crippen LogP contribution is 2.45. The van der Waals surface area contributed by atoms with E-state index in [-0.39, 0.29) is 12.2 Å². The first-order valence-electron chi connectivity index (χ1n) is 9.52. The molecule has 3 heterocycles. The van der Waals surface area contributed by atoms with Crippen LogP contribution in [0.3, 0.4) is 0 Å². The molecule has 3 aliphatic heterocycles. The number of hydrogen-bond donors (Lipinski definition) is 0. The molecule has 0 amide bonds. The minimum atomic E-state index is -0.535. The molecule has 2 bridgehead atoms. The Morgan fingerprint density at radius 2 is 1.50 bits per heavy atom. The number of likely N-dealkylation sites (N-methyl/N-ethyl adjacent to an activating group) is 1. The molecule has 3 saturated heterocycles. The summed E-state index contributed by atoms with van der Waals surface area (Å²) in [4.78, 5) is 12.6. The van der Waals surface area contributed by atoms with Gasteiger partial charge >= 0.3 is 6.16 Å². The number of ether oxygens (including phenoxy) is 2. The molecule has 4 aliphatic rings. The zero-order valence-corrected chi connectivity index (χ0v) is 15.1. The van der Waals surface area contributed by atoms with Gasteiger partial charge in [-0.2, -0.15) is 0 Å². The largest absolute Gasteiger partial charge is 0.509 e. The van der Waals surface area contributed by atoms with Gasteiger partial charge in [-0.1, -0.05) is 48.5 Å². The molecule has 2 aromatic rings. The van der Waals surface area contributed by atoms with Crippen molar-refractivity contribution < 1.29 is 18.8 Å². The Bertz CT molecular complexity index is 808. The Hall–Kier alpha value is -2.33. The van der Waals surface area contributed by atoms with Gasteiger partial charge in [-0.15, -0.1) is 0 Å². The Labute approximate surface area is 153 Å². The second-order valence-corrected chi connectivity index (χ2v) is 8.17. The van der Waals surface area contributed by atoms with Crippen molar-refractivity contribution in [2.45, 2.75) is 25.0 Å². The highest BCUT2D eigenvalue weighted by atomic mass is 16.7. The topological polar surface area (TPSA) is 35.5 Å². The molecule has 0 radical (unpaired) electrons. The molecular formula is C22H24NO3+. The summed E-state index contributed by atoms with van der Waals surface area (Å²) in [5, 5.41) is 0. The van der Waals surface area contributed by atoms with Crippen molar-refractivity contribution in [3.8, 4) is 11.1 Å². The first kappa shape index (κ1) is 15.9.